The Labute approximate surface area is 159 Å². The van der Waals surface area contributed by atoms with Gasteiger partial charge in [0.25, 0.3) is 0 Å². The van der Waals surface area contributed by atoms with Gasteiger partial charge in [0.05, 0.1) is 12.1 Å². The lowest BCUT2D eigenvalue weighted by molar-refractivity contribution is 0.306. The van der Waals surface area contributed by atoms with Crippen LogP contribution in [-0.2, 0) is 6.54 Å². The third-order valence-corrected chi connectivity index (χ3v) is 4.91. The number of nitrogens with zero attached hydrogens (tertiary/aromatic N) is 4. The topological polar surface area (TPSA) is 78.5 Å². The van der Waals surface area contributed by atoms with Gasteiger partial charge in [0.2, 0.25) is 0 Å². The van der Waals surface area contributed by atoms with Gasteiger partial charge in [-0.15, -0.1) is 0 Å². The van der Waals surface area contributed by atoms with E-state index in [-0.39, 0.29) is 6.04 Å². The Morgan fingerprint density at radius 3 is 2.85 bits per heavy atom. The zero-order chi connectivity index (χ0) is 18.8. The van der Waals surface area contributed by atoms with Gasteiger partial charge < -0.3 is 19.5 Å². The van der Waals surface area contributed by atoms with Crippen LogP contribution in [0.25, 0.3) is 11.4 Å². The summed E-state index contributed by atoms with van der Waals surface area (Å²) in [6.07, 6.45) is 5.54. The maximum Gasteiger partial charge on any atom is 0.155 e. The summed E-state index contributed by atoms with van der Waals surface area (Å²) in [5, 5.41) is 10.6. The molecule has 0 spiro atoms. The van der Waals surface area contributed by atoms with Crippen LogP contribution >= 0.6 is 0 Å². The Morgan fingerprint density at radius 2 is 2.11 bits per heavy atom. The van der Waals surface area contributed by atoms with E-state index < -0.39 is 0 Å². The van der Waals surface area contributed by atoms with Crippen molar-refractivity contribution in [2.75, 3.05) is 24.6 Å². The molecule has 7 nitrogen and oxygen atoms in total. The van der Waals surface area contributed by atoms with Gasteiger partial charge in [-0.3, -0.25) is 5.41 Å². The quantitative estimate of drug-likeness (QED) is 0.644. The molecule has 142 valence electrons. The number of hydrogen-bond acceptors (Lipinski definition) is 4. The summed E-state index contributed by atoms with van der Waals surface area (Å²) in [6.45, 7) is 7.65. The van der Waals surface area contributed by atoms with Crippen LogP contribution in [0.1, 0.15) is 32.4 Å². The zero-order valence-electron chi connectivity index (χ0n) is 15.9. The fourth-order valence-electron chi connectivity index (χ4n) is 3.67. The van der Waals surface area contributed by atoms with E-state index in [9.17, 15) is 0 Å². The third-order valence-electron chi connectivity index (χ3n) is 4.91. The number of aromatic nitrogens is 2. The Kier molecular flexibility index (Phi) is 4.83. The molecule has 2 aromatic rings. The van der Waals surface area contributed by atoms with E-state index >= 15 is 0 Å². The first kappa shape index (κ1) is 17.6. The molecule has 0 atom stereocenters. The molecule has 0 aliphatic carbocycles. The number of aliphatic imine (C=N–C) groups is 1. The molecule has 0 unspecified atom stereocenters. The van der Waals surface area contributed by atoms with Crippen LogP contribution in [0, 0.1) is 5.41 Å². The maximum absolute atomic E-state index is 7.34. The van der Waals surface area contributed by atoms with Crippen molar-refractivity contribution in [3.63, 3.8) is 0 Å². The number of anilines is 1. The van der Waals surface area contributed by atoms with Crippen LogP contribution < -0.4 is 15.0 Å². The van der Waals surface area contributed by atoms with Crippen molar-refractivity contribution < 1.29 is 4.74 Å². The second-order valence-electron chi connectivity index (χ2n) is 7.27. The SMILES string of the molecule is CC(C)N/C(=N\C=N)c1cn2c(n1)-c1ccc(N3CCCC3)cc1OCC2. The molecule has 3 heterocycles. The molecule has 2 aliphatic rings. The van der Waals surface area contributed by atoms with Crippen molar-refractivity contribution in [2.45, 2.75) is 39.3 Å². The molecular weight excluding hydrogens is 340 g/mol. The van der Waals surface area contributed by atoms with Crippen LogP contribution in [0.3, 0.4) is 0 Å². The van der Waals surface area contributed by atoms with Gasteiger partial charge in [-0.05, 0) is 38.8 Å². The van der Waals surface area contributed by atoms with E-state index in [1.165, 1.54) is 18.5 Å². The number of rotatable bonds is 4. The largest absolute Gasteiger partial charge is 0.491 e. The molecule has 4 rings (SSSR count). The summed E-state index contributed by atoms with van der Waals surface area (Å²) in [4.78, 5) is 11.4. The first-order valence-corrected chi connectivity index (χ1v) is 9.58. The molecule has 1 fully saturated rings. The van der Waals surface area contributed by atoms with Gasteiger partial charge in [0, 0.05) is 37.1 Å². The van der Waals surface area contributed by atoms with Crippen LogP contribution in [0.4, 0.5) is 5.69 Å². The number of amidine groups is 1. The highest BCUT2D eigenvalue weighted by Crippen LogP contribution is 2.36. The molecule has 0 radical (unpaired) electrons. The molecule has 7 heteroatoms. The number of nitrogens with one attached hydrogen (secondary N) is 2. The number of benzene rings is 1. The van der Waals surface area contributed by atoms with E-state index in [4.69, 9.17) is 15.1 Å². The van der Waals surface area contributed by atoms with Crippen molar-refractivity contribution >= 4 is 17.9 Å². The average Bonchev–Trinajstić information content (AvgIpc) is 3.29. The average molecular weight is 366 g/mol. The first-order chi connectivity index (χ1) is 13.2. The number of hydrogen-bond donors (Lipinski definition) is 2. The zero-order valence-corrected chi connectivity index (χ0v) is 15.9. The number of fused-ring (bicyclic) bond motifs is 3. The van der Waals surface area contributed by atoms with E-state index in [0.717, 1.165) is 48.8 Å². The molecular formula is C20H26N6O. The predicted octanol–water partition coefficient (Wildman–Crippen LogP) is 2.89. The second-order valence-corrected chi connectivity index (χ2v) is 7.27. The molecule has 2 aliphatic heterocycles. The molecule has 27 heavy (non-hydrogen) atoms. The normalized spacial score (nSPS) is 16.6. The van der Waals surface area contributed by atoms with Crippen molar-refractivity contribution in [2.24, 2.45) is 4.99 Å². The fourth-order valence-corrected chi connectivity index (χ4v) is 3.67. The summed E-state index contributed by atoms with van der Waals surface area (Å²) in [5.41, 5.74) is 2.97. The van der Waals surface area contributed by atoms with E-state index in [2.05, 4.69) is 38.0 Å². The molecule has 1 aromatic carbocycles. The summed E-state index contributed by atoms with van der Waals surface area (Å²) in [5.74, 6) is 2.39. The molecule has 2 N–H and O–H groups in total. The molecule has 1 aromatic heterocycles. The van der Waals surface area contributed by atoms with E-state index in [1.54, 1.807) is 0 Å². The third kappa shape index (κ3) is 3.54. The van der Waals surface area contributed by atoms with E-state index in [0.29, 0.717) is 12.4 Å². The lowest BCUT2D eigenvalue weighted by atomic mass is 10.1. The van der Waals surface area contributed by atoms with Gasteiger partial charge in [0.15, 0.2) is 5.84 Å². The van der Waals surface area contributed by atoms with Crippen LogP contribution in [-0.4, -0.2) is 47.5 Å². The minimum absolute atomic E-state index is 0.212. The Bertz CT molecular complexity index is 863. The van der Waals surface area contributed by atoms with E-state index in [1.807, 2.05) is 20.0 Å². The van der Waals surface area contributed by atoms with Crippen molar-refractivity contribution in [1.29, 1.82) is 5.41 Å². The van der Waals surface area contributed by atoms with Crippen LogP contribution in [0.5, 0.6) is 5.75 Å². The molecule has 0 saturated carbocycles. The smallest absolute Gasteiger partial charge is 0.155 e. The van der Waals surface area contributed by atoms with Gasteiger partial charge in [-0.2, -0.15) is 0 Å². The molecule has 1 saturated heterocycles. The minimum atomic E-state index is 0.212. The maximum atomic E-state index is 7.34. The van der Waals surface area contributed by atoms with Gasteiger partial charge in [0.1, 0.15) is 30.2 Å². The van der Waals surface area contributed by atoms with Gasteiger partial charge >= 0.3 is 0 Å². The minimum Gasteiger partial charge on any atom is -0.491 e. The summed E-state index contributed by atoms with van der Waals surface area (Å²) < 4.78 is 8.14. The van der Waals surface area contributed by atoms with Crippen molar-refractivity contribution in [3.8, 4) is 17.1 Å². The summed E-state index contributed by atoms with van der Waals surface area (Å²) >= 11 is 0. The second kappa shape index (κ2) is 7.42. The Hall–Kier alpha value is -2.83. The van der Waals surface area contributed by atoms with Crippen LogP contribution in [0.2, 0.25) is 0 Å². The predicted molar refractivity (Wildman–Crippen MR) is 108 cm³/mol. The Balaban J connectivity index is 1.71. The summed E-state index contributed by atoms with van der Waals surface area (Å²) in [6, 6.07) is 6.63. The molecule has 0 amide bonds. The lowest BCUT2D eigenvalue weighted by Gasteiger charge is -2.19. The molecule has 0 bridgehead atoms. The lowest BCUT2D eigenvalue weighted by Crippen LogP contribution is -2.31. The fraction of sp³-hybridized carbons (Fsp3) is 0.450. The Morgan fingerprint density at radius 1 is 1.30 bits per heavy atom. The highest BCUT2D eigenvalue weighted by molar-refractivity contribution is 6.01. The first-order valence-electron chi connectivity index (χ1n) is 9.58. The van der Waals surface area contributed by atoms with Gasteiger partial charge in [-0.1, -0.05) is 0 Å². The standard InChI is InChI=1S/C20H26N6O/c1-14(2)23-19(22-13-21)17-12-26-9-10-27-18-11-15(25-7-3-4-8-25)5-6-16(18)20(26)24-17/h5-6,11-14H,3-4,7-10H2,1-2H3,(H2,21,22,23). The number of imidazole rings is 1. The number of ether oxygens (including phenoxy) is 1. The summed E-state index contributed by atoms with van der Waals surface area (Å²) in [7, 11) is 0. The van der Waals surface area contributed by atoms with Gasteiger partial charge in [-0.25, -0.2) is 9.98 Å². The van der Waals surface area contributed by atoms with Crippen molar-refractivity contribution in [3.05, 3.63) is 30.1 Å². The highest BCUT2D eigenvalue weighted by atomic mass is 16.5. The highest BCUT2D eigenvalue weighted by Gasteiger charge is 2.22. The van der Waals surface area contributed by atoms with Crippen LogP contribution in [0.15, 0.2) is 29.4 Å². The monoisotopic (exact) mass is 366 g/mol. The van der Waals surface area contributed by atoms with Crippen molar-refractivity contribution in [1.82, 2.24) is 14.9 Å².